The van der Waals surface area contributed by atoms with Gasteiger partial charge in [-0.25, -0.2) is 4.79 Å². The summed E-state index contributed by atoms with van der Waals surface area (Å²) in [5, 5.41) is 0. The summed E-state index contributed by atoms with van der Waals surface area (Å²) >= 11 is 0. The molecule has 1 heterocycles. The molecule has 0 spiro atoms. The Bertz CT molecular complexity index is 521. The maximum Gasteiger partial charge on any atom is 0.415 e. The van der Waals surface area contributed by atoms with Crippen LogP contribution in [0.25, 0.3) is 0 Å². The topological polar surface area (TPSA) is 59.1 Å². The number of nitrogens with zero attached hydrogens (tertiary/aromatic N) is 2. The third-order valence-corrected chi connectivity index (χ3v) is 3.91. The van der Waals surface area contributed by atoms with E-state index in [1.54, 1.807) is 24.0 Å². The minimum absolute atomic E-state index is 0.215. The summed E-state index contributed by atoms with van der Waals surface area (Å²) in [6.07, 6.45) is 0.454. The van der Waals surface area contributed by atoms with Crippen LogP contribution in [0.4, 0.5) is 4.79 Å². The fraction of sp³-hybridized carbons (Fsp3) is 0.529. The molecule has 1 aromatic carbocycles. The number of carbonyl (C=O) groups excluding carboxylic acids is 2. The molecule has 0 aliphatic carbocycles. The minimum atomic E-state index is -0.346. The first-order valence-electron chi connectivity index (χ1n) is 8.04. The third-order valence-electron chi connectivity index (χ3n) is 3.91. The van der Waals surface area contributed by atoms with Crippen LogP contribution in [0.5, 0.6) is 5.75 Å². The highest BCUT2D eigenvalue weighted by Crippen LogP contribution is 2.13. The monoisotopic (exact) mass is 320 g/mol. The number of amides is 1. The molecule has 1 amide bonds. The molecule has 0 aromatic heterocycles. The van der Waals surface area contributed by atoms with Crippen molar-refractivity contribution in [3.63, 3.8) is 0 Å². The molecule has 2 rings (SSSR count). The van der Waals surface area contributed by atoms with E-state index in [0.29, 0.717) is 32.0 Å². The van der Waals surface area contributed by atoms with Gasteiger partial charge in [0.15, 0.2) is 0 Å². The van der Waals surface area contributed by atoms with E-state index in [2.05, 4.69) is 0 Å². The molecular weight excluding hydrogens is 296 g/mol. The van der Waals surface area contributed by atoms with Gasteiger partial charge < -0.3 is 14.4 Å². The van der Waals surface area contributed by atoms with Crippen LogP contribution in [-0.2, 0) is 9.53 Å². The molecule has 1 fully saturated rings. The number of esters is 1. The fourth-order valence-corrected chi connectivity index (χ4v) is 2.57. The van der Waals surface area contributed by atoms with Gasteiger partial charge in [-0.2, -0.15) is 0 Å². The van der Waals surface area contributed by atoms with Gasteiger partial charge in [-0.05, 0) is 32.4 Å². The van der Waals surface area contributed by atoms with Gasteiger partial charge in [-0.3, -0.25) is 9.69 Å². The highest BCUT2D eigenvalue weighted by molar-refractivity contribution is 5.75. The zero-order valence-electron chi connectivity index (χ0n) is 13.7. The highest BCUT2D eigenvalue weighted by atomic mass is 16.6. The second kappa shape index (κ2) is 8.53. The fourth-order valence-electron chi connectivity index (χ4n) is 2.57. The number of hydrogen-bond acceptors (Lipinski definition) is 5. The van der Waals surface area contributed by atoms with Crippen molar-refractivity contribution < 1.29 is 19.1 Å². The molecule has 1 aliphatic rings. The maximum absolute atomic E-state index is 12.2. The Morgan fingerprint density at radius 3 is 2.57 bits per heavy atom. The molecule has 1 saturated heterocycles. The van der Waals surface area contributed by atoms with Gasteiger partial charge in [0.05, 0.1) is 6.61 Å². The first kappa shape index (κ1) is 17.3. The van der Waals surface area contributed by atoms with E-state index in [1.165, 1.54) is 0 Å². The number of ether oxygens (including phenoxy) is 2. The van der Waals surface area contributed by atoms with E-state index in [0.717, 1.165) is 13.0 Å². The number of benzene rings is 1. The van der Waals surface area contributed by atoms with Gasteiger partial charge in [-0.1, -0.05) is 18.2 Å². The van der Waals surface area contributed by atoms with Crippen molar-refractivity contribution in [2.45, 2.75) is 26.3 Å². The van der Waals surface area contributed by atoms with Gasteiger partial charge in [0.25, 0.3) is 0 Å². The SMILES string of the molecule is CCOC(=O)C(C)N1CCCN(C(=O)Oc2ccccc2)CC1. The highest BCUT2D eigenvalue weighted by Gasteiger charge is 2.27. The lowest BCUT2D eigenvalue weighted by Gasteiger charge is -2.26. The summed E-state index contributed by atoms with van der Waals surface area (Å²) in [6, 6.07) is 8.75. The standard InChI is InChI=1S/C17H24N2O4/c1-3-22-16(20)14(2)18-10-7-11-19(13-12-18)17(21)23-15-8-5-4-6-9-15/h4-6,8-9,14H,3,7,10-13H2,1-2H3. The van der Waals surface area contributed by atoms with Gasteiger partial charge in [0.1, 0.15) is 11.8 Å². The third kappa shape index (κ3) is 4.96. The zero-order valence-corrected chi connectivity index (χ0v) is 13.7. The van der Waals surface area contributed by atoms with Crippen LogP contribution in [0.15, 0.2) is 30.3 Å². The van der Waals surface area contributed by atoms with E-state index in [9.17, 15) is 9.59 Å². The van der Waals surface area contributed by atoms with Gasteiger partial charge in [0, 0.05) is 26.2 Å². The molecule has 1 unspecified atom stereocenters. The van der Waals surface area contributed by atoms with Crippen molar-refractivity contribution in [1.82, 2.24) is 9.80 Å². The quantitative estimate of drug-likeness (QED) is 0.796. The predicted octanol–water partition coefficient (Wildman–Crippen LogP) is 2.14. The summed E-state index contributed by atoms with van der Waals surface area (Å²) in [6.45, 7) is 6.57. The molecule has 1 aliphatic heterocycles. The molecule has 0 N–H and O–H groups in total. The Balaban J connectivity index is 1.88. The molecule has 1 atom stereocenters. The first-order valence-corrected chi connectivity index (χ1v) is 8.04. The van der Waals surface area contributed by atoms with Crippen LogP contribution in [-0.4, -0.2) is 60.7 Å². The minimum Gasteiger partial charge on any atom is -0.465 e. The first-order chi connectivity index (χ1) is 11.1. The van der Waals surface area contributed by atoms with E-state index in [1.807, 2.05) is 30.0 Å². The number of carbonyl (C=O) groups is 2. The predicted molar refractivity (Wildman–Crippen MR) is 86.3 cm³/mol. The number of para-hydroxylation sites is 1. The Hall–Kier alpha value is -2.08. The van der Waals surface area contributed by atoms with E-state index in [-0.39, 0.29) is 18.1 Å². The summed E-state index contributed by atoms with van der Waals surface area (Å²) in [5.41, 5.74) is 0. The molecule has 23 heavy (non-hydrogen) atoms. The summed E-state index contributed by atoms with van der Waals surface area (Å²) in [5.74, 6) is 0.325. The molecule has 0 bridgehead atoms. The Morgan fingerprint density at radius 1 is 1.13 bits per heavy atom. The lowest BCUT2D eigenvalue weighted by Crippen LogP contribution is -2.43. The molecule has 0 saturated carbocycles. The van der Waals surface area contributed by atoms with Crippen molar-refractivity contribution >= 4 is 12.1 Å². The van der Waals surface area contributed by atoms with Crippen molar-refractivity contribution in [3.8, 4) is 5.75 Å². The van der Waals surface area contributed by atoms with Crippen molar-refractivity contribution in [2.75, 3.05) is 32.8 Å². The van der Waals surface area contributed by atoms with Crippen LogP contribution in [0, 0.1) is 0 Å². The Morgan fingerprint density at radius 2 is 1.87 bits per heavy atom. The van der Waals surface area contributed by atoms with Crippen LogP contribution in [0.1, 0.15) is 20.3 Å². The average Bonchev–Trinajstić information content (AvgIpc) is 2.81. The summed E-state index contributed by atoms with van der Waals surface area (Å²) in [4.78, 5) is 27.8. The number of hydrogen-bond donors (Lipinski definition) is 0. The normalized spacial score (nSPS) is 17.2. The average molecular weight is 320 g/mol. The van der Waals surface area contributed by atoms with E-state index < -0.39 is 0 Å². The molecular formula is C17H24N2O4. The smallest absolute Gasteiger partial charge is 0.415 e. The Labute approximate surface area is 137 Å². The molecule has 6 nitrogen and oxygen atoms in total. The summed E-state index contributed by atoms with van der Waals surface area (Å²) < 4.78 is 10.4. The largest absolute Gasteiger partial charge is 0.465 e. The van der Waals surface area contributed by atoms with Crippen LogP contribution >= 0.6 is 0 Å². The number of rotatable bonds is 4. The summed E-state index contributed by atoms with van der Waals surface area (Å²) in [7, 11) is 0. The van der Waals surface area contributed by atoms with Crippen LogP contribution in [0.3, 0.4) is 0 Å². The Kier molecular flexibility index (Phi) is 6.40. The van der Waals surface area contributed by atoms with Gasteiger partial charge >= 0.3 is 12.1 Å². The molecule has 6 heteroatoms. The lowest BCUT2D eigenvalue weighted by atomic mass is 10.2. The van der Waals surface area contributed by atoms with E-state index in [4.69, 9.17) is 9.47 Å². The second-order valence-corrected chi connectivity index (χ2v) is 5.49. The molecule has 1 aromatic rings. The van der Waals surface area contributed by atoms with E-state index >= 15 is 0 Å². The van der Waals surface area contributed by atoms with Gasteiger partial charge in [0.2, 0.25) is 0 Å². The maximum atomic E-state index is 12.2. The molecule has 126 valence electrons. The van der Waals surface area contributed by atoms with Gasteiger partial charge in [-0.15, -0.1) is 0 Å². The molecule has 0 radical (unpaired) electrons. The van der Waals surface area contributed by atoms with Crippen molar-refractivity contribution in [3.05, 3.63) is 30.3 Å². The van der Waals surface area contributed by atoms with Crippen LogP contribution < -0.4 is 4.74 Å². The van der Waals surface area contributed by atoms with Crippen molar-refractivity contribution in [1.29, 1.82) is 0 Å². The van der Waals surface area contributed by atoms with Crippen LogP contribution in [0.2, 0.25) is 0 Å². The van der Waals surface area contributed by atoms with Crippen molar-refractivity contribution in [2.24, 2.45) is 0 Å². The second-order valence-electron chi connectivity index (χ2n) is 5.49. The lowest BCUT2D eigenvalue weighted by molar-refractivity contribution is -0.148. The zero-order chi connectivity index (χ0) is 16.7.